The van der Waals surface area contributed by atoms with Gasteiger partial charge in [0.15, 0.2) is 0 Å². The van der Waals surface area contributed by atoms with E-state index in [2.05, 4.69) is 16.1 Å². The second kappa shape index (κ2) is 9.68. The lowest BCUT2D eigenvalue weighted by Gasteiger charge is -2.33. The van der Waals surface area contributed by atoms with Crippen LogP contribution in [0.1, 0.15) is 58.8 Å². The molecule has 1 saturated heterocycles. The van der Waals surface area contributed by atoms with Gasteiger partial charge in [-0.05, 0) is 56.0 Å². The van der Waals surface area contributed by atoms with E-state index in [0.29, 0.717) is 50.9 Å². The molecule has 0 amide bonds. The number of carbonyl (C=O) groups excluding carboxylic acids is 1. The molecule has 1 aromatic heterocycles. The third-order valence-electron chi connectivity index (χ3n) is 7.73. The van der Waals surface area contributed by atoms with Crippen LogP contribution >= 0.6 is 23.2 Å². The lowest BCUT2D eigenvalue weighted by atomic mass is 10.0. The predicted molar refractivity (Wildman–Crippen MR) is 139 cm³/mol. The van der Waals surface area contributed by atoms with Gasteiger partial charge in [0.1, 0.15) is 17.5 Å². The van der Waals surface area contributed by atoms with E-state index < -0.39 is 5.97 Å². The minimum Gasteiger partial charge on any atom is -0.465 e. The molecule has 2 bridgehead atoms. The van der Waals surface area contributed by atoms with E-state index in [1.165, 1.54) is 7.11 Å². The number of rotatable bonds is 7. The van der Waals surface area contributed by atoms with Crippen molar-refractivity contribution in [3.63, 3.8) is 0 Å². The van der Waals surface area contributed by atoms with Crippen LogP contribution in [-0.4, -0.2) is 36.9 Å². The number of ether oxygens (including phenoxy) is 2. The van der Waals surface area contributed by atoms with Gasteiger partial charge in [-0.3, -0.25) is 0 Å². The summed E-state index contributed by atoms with van der Waals surface area (Å²) in [6.07, 6.45) is 4.11. The maximum absolute atomic E-state index is 11.9. The molecular formula is C28H25Cl2N3O4. The first-order valence-electron chi connectivity index (χ1n) is 12.4. The zero-order valence-corrected chi connectivity index (χ0v) is 21.8. The van der Waals surface area contributed by atoms with E-state index in [1.54, 1.807) is 24.3 Å². The van der Waals surface area contributed by atoms with E-state index in [9.17, 15) is 10.1 Å². The minimum atomic E-state index is -0.448. The quantitative estimate of drug-likeness (QED) is 0.323. The highest BCUT2D eigenvalue weighted by Gasteiger charge is 2.46. The average Bonchev–Trinajstić information content (AvgIpc) is 3.36. The Hall–Kier alpha value is -3.05. The lowest BCUT2D eigenvalue weighted by Crippen LogP contribution is -2.39. The van der Waals surface area contributed by atoms with Crippen LogP contribution in [0.3, 0.4) is 0 Å². The van der Waals surface area contributed by atoms with Crippen molar-refractivity contribution >= 4 is 34.9 Å². The van der Waals surface area contributed by atoms with Crippen LogP contribution in [0, 0.1) is 17.2 Å². The Kier molecular flexibility index (Phi) is 6.36. The second-order valence-corrected chi connectivity index (χ2v) is 10.8. The molecular weight excluding hydrogens is 513 g/mol. The van der Waals surface area contributed by atoms with Gasteiger partial charge in [-0.2, -0.15) is 5.26 Å². The van der Waals surface area contributed by atoms with Crippen LogP contribution in [0.5, 0.6) is 0 Å². The number of carbonyl (C=O) groups is 1. The van der Waals surface area contributed by atoms with Gasteiger partial charge in [-0.15, -0.1) is 0 Å². The van der Waals surface area contributed by atoms with E-state index in [4.69, 9.17) is 37.2 Å². The molecule has 3 atom stereocenters. The van der Waals surface area contributed by atoms with Gasteiger partial charge in [-0.1, -0.05) is 34.4 Å². The number of nitriles is 1. The van der Waals surface area contributed by atoms with Crippen LogP contribution in [0.4, 0.5) is 5.69 Å². The summed E-state index contributed by atoms with van der Waals surface area (Å²) in [7, 11) is 1.33. The highest BCUT2D eigenvalue weighted by molar-refractivity contribution is 6.39. The fraction of sp³-hybridized carbons (Fsp3) is 0.393. The molecule has 190 valence electrons. The highest BCUT2D eigenvalue weighted by atomic mass is 35.5. The van der Waals surface area contributed by atoms with Crippen molar-refractivity contribution in [1.82, 2.24) is 5.16 Å². The number of benzene rings is 2. The smallest absolute Gasteiger partial charge is 0.337 e. The Morgan fingerprint density at radius 1 is 1.22 bits per heavy atom. The van der Waals surface area contributed by atoms with Gasteiger partial charge in [-0.25, -0.2) is 4.79 Å². The van der Waals surface area contributed by atoms with Crippen LogP contribution in [0.25, 0.3) is 11.3 Å². The van der Waals surface area contributed by atoms with Crippen molar-refractivity contribution in [2.45, 2.75) is 50.4 Å². The zero-order valence-electron chi connectivity index (χ0n) is 20.2. The summed E-state index contributed by atoms with van der Waals surface area (Å²) < 4.78 is 17.1. The van der Waals surface area contributed by atoms with Crippen molar-refractivity contribution in [1.29, 1.82) is 5.26 Å². The maximum Gasteiger partial charge on any atom is 0.337 e. The average molecular weight is 538 g/mol. The lowest BCUT2D eigenvalue weighted by molar-refractivity contribution is 0.0122. The highest BCUT2D eigenvalue weighted by Crippen LogP contribution is 2.47. The number of hydrogen-bond donors (Lipinski definition) is 0. The number of anilines is 1. The van der Waals surface area contributed by atoms with Crippen LogP contribution in [0.2, 0.25) is 10.0 Å². The fourth-order valence-corrected chi connectivity index (χ4v) is 6.34. The molecule has 0 N–H and O–H groups in total. The summed E-state index contributed by atoms with van der Waals surface area (Å²) in [5.74, 6) is 1.14. The second-order valence-electron chi connectivity index (χ2n) is 9.97. The molecule has 6 rings (SSSR count). The fourth-order valence-electron chi connectivity index (χ4n) is 5.77. The Morgan fingerprint density at radius 3 is 2.65 bits per heavy atom. The third-order valence-corrected chi connectivity index (χ3v) is 8.36. The SMILES string of the molecule is COC(=O)c1ccc(N2C[C@@H]3C[C@H]2C[C@H]3OCc2c(-c3c(Cl)cccc3Cl)noc2C2CC2)c(C#N)c1. The van der Waals surface area contributed by atoms with Crippen molar-refractivity contribution in [2.24, 2.45) is 5.92 Å². The Balaban J connectivity index is 1.19. The van der Waals surface area contributed by atoms with Gasteiger partial charge in [0.25, 0.3) is 0 Å². The molecule has 2 aliphatic carbocycles. The first-order valence-corrected chi connectivity index (χ1v) is 13.2. The largest absolute Gasteiger partial charge is 0.465 e. The van der Waals surface area contributed by atoms with Gasteiger partial charge in [0, 0.05) is 35.5 Å². The Morgan fingerprint density at radius 2 is 2.00 bits per heavy atom. The Bertz CT molecular complexity index is 1390. The summed E-state index contributed by atoms with van der Waals surface area (Å²) in [6, 6.07) is 13.1. The molecule has 3 aromatic rings. The number of aromatic nitrogens is 1. The van der Waals surface area contributed by atoms with Crippen molar-refractivity contribution in [3.8, 4) is 17.3 Å². The van der Waals surface area contributed by atoms with Crippen LogP contribution in [-0.2, 0) is 16.1 Å². The van der Waals surface area contributed by atoms with E-state index in [1.807, 2.05) is 12.1 Å². The molecule has 7 nitrogen and oxygen atoms in total. The summed E-state index contributed by atoms with van der Waals surface area (Å²) in [6.45, 7) is 1.18. The molecule has 3 fully saturated rings. The number of nitrogens with zero attached hydrogens (tertiary/aromatic N) is 3. The molecule has 2 saturated carbocycles. The monoisotopic (exact) mass is 537 g/mol. The van der Waals surface area contributed by atoms with Gasteiger partial charge in [0.2, 0.25) is 0 Å². The number of halogens is 2. The summed E-state index contributed by atoms with van der Waals surface area (Å²) >= 11 is 13.0. The van der Waals surface area contributed by atoms with E-state index in [-0.39, 0.29) is 12.1 Å². The number of piperidine rings is 1. The predicted octanol–water partition coefficient (Wildman–Crippen LogP) is 6.37. The third kappa shape index (κ3) is 4.37. The van der Waals surface area contributed by atoms with Gasteiger partial charge >= 0.3 is 5.97 Å². The van der Waals surface area contributed by atoms with Crippen LogP contribution < -0.4 is 4.90 Å². The molecule has 0 unspecified atom stereocenters. The molecule has 3 aliphatic rings. The topological polar surface area (TPSA) is 88.6 Å². The van der Waals surface area contributed by atoms with E-state index >= 15 is 0 Å². The van der Waals surface area contributed by atoms with Crippen molar-refractivity contribution < 1.29 is 18.8 Å². The Labute approximate surface area is 224 Å². The first-order chi connectivity index (χ1) is 18.0. The summed E-state index contributed by atoms with van der Waals surface area (Å²) in [5.41, 5.74) is 3.98. The van der Waals surface area contributed by atoms with Gasteiger partial charge in [0.05, 0.1) is 46.7 Å². The molecule has 0 radical (unpaired) electrons. The molecule has 2 heterocycles. The number of hydrogen-bond acceptors (Lipinski definition) is 7. The number of methoxy groups -OCH3 is 1. The zero-order chi connectivity index (χ0) is 25.7. The summed E-state index contributed by atoms with van der Waals surface area (Å²) in [4.78, 5) is 14.2. The van der Waals surface area contributed by atoms with Gasteiger partial charge < -0.3 is 18.9 Å². The standard InChI is InChI=1S/C28H25Cl2N3O4/c1-35-28(34)16-7-8-23(17(9-16)12-31)33-13-18-10-19(33)11-24(18)36-14-20-26(32-37-27(20)15-5-6-15)25-21(29)3-2-4-22(25)30/h2-4,7-9,15,18-19,24H,5-6,10-11,13-14H2,1H3/t18-,19-,24+/m0/s1. The molecule has 0 spiro atoms. The normalized spacial score (nSPS) is 22.3. The number of fused-ring (bicyclic) bond motifs is 2. The molecule has 9 heteroatoms. The molecule has 37 heavy (non-hydrogen) atoms. The van der Waals surface area contributed by atoms with E-state index in [0.717, 1.165) is 49.2 Å². The number of esters is 1. The minimum absolute atomic E-state index is 0.0950. The van der Waals surface area contributed by atoms with Crippen molar-refractivity contribution in [2.75, 3.05) is 18.6 Å². The molecule has 1 aliphatic heterocycles. The van der Waals surface area contributed by atoms with Crippen molar-refractivity contribution in [3.05, 3.63) is 68.9 Å². The first kappa shape index (κ1) is 24.3. The maximum atomic E-state index is 11.9. The summed E-state index contributed by atoms with van der Waals surface area (Å²) in [5, 5.41) is 15.1. The van der Waals surface area contributed by atoms with Crippen LogP contribution in [0.15, 0.2) is 40.9 Å². The molecule has 2 aromatic carbocycles.